The molecule has 0 spiro atoms. The van der Waals surface area contributed by atoms with Gasteiger partial charge in [-0.2, -0.15) is 5.10 Å². The van der Waals surface area contributed by atoms with Crippen LogP contribution in [0, 0.1) is 6.92 Å². The molecule has 108 valence electrons. The molecular weight excluding hydrogens is 272 g/mol. The number of rotatable bonds is 3. The largest absolute Gasteiger partial charge is 0.324 e. The van der Waals surface area contributed by atoms with Crippen LogP contribution < -0.4 is 5.32 Å². The van der Waals surface area contributed by atoms with Crippen molar-refractivity contribution in [2.24, 2.45) is 7.05 Å². The minimum atomic E-state index is -0.00683. The highest BCUT2D eigenvalue weighted by Crippen LogP contribution is 2.23. The van der Waals surface area contributed by atoms with E-state index >= 15 is 0 Å². The number of fused-ring (bicyclic) bond motifs is 1. The highest BCUT2D eigenvalue weighted by Gasteiger charge is 2.14. The number of thioether (sulfide) groups is 1. The van der Waals surface area contributed by atoms with Crippen LogP contribution in [0.1, 0.15) is 26.5 Å². The number of aromatic nitrogens is 3. The Morgan fingerprint density at radius 3 is 2.80 bits per heavy atom. The first-order valence-corrected chi connectivity index (χ1v) is 7.48. The quantitative estimate of drug-likeness (QED) is 0.945. The van der Waals surface area contributed by atoms with E-state index in [4.69, 9.17) is 0 Å². The second kappa shape index (κ2) is 5.44. The number of hydrogen-bond acceptors (Lipinski definition) is 4. The predicted molar refractivity (Wildman–Crippen MR) is 84.1 cm³/mol. The molecule has 20 heavy (non-hydrogen) atoms. The molecule has 0 bridgehead atoms. The third kappa shape index (κ3) is 3.50. The molecule has 0 unspecified atom stereocenters. The summed E-state index contributed by atoms with van der Waals surface area (Å²) in [6.45, 7) is 8.22. The van der Waals surface area contributed by atoms with Crippen LogP contribution in [0.15, 0.2) is 12.3 Å². The Morgan fingerprint density at radius 2 is 2.15 bits per heavy atom. The summed E-state index contributed by atoms with van der Waals surface area (Å²) in [5.41, 5.74) is 2.45. The average molecular weight is 292 g/mol. The summed E-state index contributed by atoms with van der Waals surface area (Å²) in [7, 11) is 1.86. The highest BCUT2D eigenvalue weighted by atomic mass is 32.2. The lowest BCUT2D eigenvalue weighted by atomic mass is 10.2. The molecule has 2 aromatic rings. The molecule has 2 rings (SSSR count). The lowest BCUT2D eigenvalue weighted by Crippen LogP contribution is -2.19. The van der Waals surface area contributed by atoms with Gasteiger partial charge in [-0.1, -0.05) is 20.8 Å². The zero-order valence-corrected chi connectivity index (χ0v) is 13.3. The van der Waals surface area contributed by atoms with Gasteiger partial charge in [0.2, 0.25) is 5.91 Å². The molecule has 0 aliphatic rings. The molecule has 1 N–H and O–H groups in total. The van der Waals surface area contributed by atoms with E-state index in [1.165, 1.54) is 0 Å². The van der Waals surface area contributed by atoms with Gasteiger partial charge in [-0.25, -0.2) is 4.98 Å². The van der Waals surface area contributed by atoms with Crippen LogP contribution in [-0.2, 0) is 11.8 Å². The van der Waals surface area contributed by atoms with Gasteiger partial charge in [0, 0.05) is 17.2 Å². The smallest absolute Gasteiger partial charge is 0.234 e. The van der Waals surface area contributed by atoms with E-state index in [1.54, 1.807) is 22.6 Å². The Morgan fingerprint density at radius 1 is 1.45 bits per heavy atom. The van der Waals surface area contributed by atoms with E-state index in [1.807, 2.05) is 20.0 Å². The zero-order chi connectivity index (χ0) is 14.9. The lowest BCUT2D eigenvalue weighted by Gasteiger charge is -2.16. The van der Waals surface area contributed by atoms with Crippen molar-refractivity contribution in [1.82, 2.24) is 14.8 Å². The fourth-order valence-electron chi connectivity index (χ4n) is 1.86. The van der Waals surface area contributed by atoms with Crippen LogP contribution in [0.25, 0.3) is 11.0 Å². The first-order valence-electron chi connectivity index (χ1n) is 6.49. The Balaban J connectivity index is 2.10. The number of carbonyl (C=O) groups is 1. The van der Waals surface area contributed by atoms with Crippen molar-refractivity contribution >= 4 is 34.4 Å². The molecule has 6 heteroatoms. The fourth-order valence-corrected chi connectivity index (χ4v) is 2.49. The van der Waals surface area contributed by atoms with E-state index in [9.17, 15) is 4.79 Å². The van der Waals surface area contributed by atoms with Gasteiger partial charge in [-0.3, -0.25) is 9.48 Å². The molecule has 0 aliphatic heterocycles. The van der Waals surface area contributed by atoms with Gasteiger partial charge >= 0.3 is 0 Å². The van der Waals surface area contributed by atoms with Crippen molar-refractivity contribution < 1.29 is 4.79 Å². The summed E-state index contributed by atoms with van der Waals surface area (Å²) in [5, 5.41) is 8.17. The number of aryl methyl sites for hydroxylation is 2. The van der Waals surface area contributed by atoms with Crippen LogP contribution in [0.4, 0.5) is 5.69 Å². The number of carbonyl (C=O) groups excluding carboxylic acids is 1. The van der Waals surface area contributed by atoms with Gasteiger partial charge in [0.05, 0.1) is 23.3 Å². The SMILES string of the molecule is Cc1nn(C)c2ncc(NC(=O)CSC(C)(C)C)cc12. The molecule has 0 aromatic carbocycles. The zero-order valence-electron chi connectivity index (χ0n) is 12.5. The average Bonchev–Trinajstić information content (AvgIpc) is 2.62. The highest BCUT2D eigenvalue weighted by molar-refractivity contribution is 8.01. The third-order valence-electron chi connectivity index (χ3n) is 2.78. The monoisotopic (exact) mass is 292 g/mol. The van der Waals surface area contributed by atoms with E-state index < -0.39 is 0 Å². The normalized spacial score (nSPS) is 11.8. The summed E-state index contributed by atoms with van der Waals surface area (Å²) < 4.78 is 1.82. The second-order valence-electron chi connectivity index (χ2n) is 5.75. The van der Waals surface area contributed by atoms with Gasteiger partial charge in [0.1, 0.15) is 0 Å². The van der Waals surface area contributed by atoms with Gasteiger partial charge in [-0.15, -0.1) is 11.8 Å². The summed E-state index contributed by atoms with van der Waals surface area (Å²) in [4.78, 5) is 16.2. The Kier molecular flexibility index (Phi) is 4.04. The number of nitrogens with one attached hydrogen (secondary N) is 1. The minimum absolute atomic E-state index is 0.00683. The van der Waals surface area contributed by atoms with Crippen molar-refractivity contribution in [2.45, 2.75) is 32.4 Å². The third-order valence-corrected chi connectivity index (χ3v) is 4.06. The molecule has 0 saturated heterocycles. The van der Waals surface area contributed by atoms with E-state index in [0.29, 0.717) is 11.4 Å². The van der Waals surface area contributed by atoms with E-state index in [2.05, 4.69) is 36.2 Å². The van der Waals surface area contributed by atoms with Crippen molar-refractivity contribution in [3.05, 3.63) is 18.0 Å². The number of anilines is 1. The topological polar surface area (TPSA) is 59.8 Å². The maximum absolute atomic E-state index is 11.9. The summed E-state index contributed by atoms with van der Waals surface area (Å²) >= 11 is 1.62. The Labute approximate surface area is 123 Å². The van der Waals surface area contributed by atoms with Gasteiger partial charge in [-0.05, 0) is 13.0 Å². The van der Waals surface area contributed by atoms with E-state index in [0.717, 1.165) is 16.7 Å². The van der Waals surface area contributed by atoms with Crippen molar-refractivity contribution in [3.63, 3.8) is 0 Å². The molecule has 0 fully saturated rings. The van der Waals surface area contributed by atoms with E-state index in [-0.39, 0.29) is 10.7 Å². The second-order valence-corrected chi connectivity index (χ2v) is 7.56. The number of amides is 1. The predicted octanol–water partition coefficient (Wildman–Crippen LogP) is 2.75. The molecule has 2 aromatic heterocycles. The van der Waals surface area contributed by atoms with Crippen LogP contribution in [-0.4, -0.2) is 31.2 Å². The molecule has 1 amide bonds. The first kappa shape index (κ1) is 14.8. The minimum Gasteiger partial charge on any atom is -0.324 e. The summed E-state index contributed by atoms with van der Waals surface area (Å²) in [6, 6.07) is 1.92. The van der Waals surface area contributed by atoms with Crippen molar-refractivity contribution in [2.75, 3.05) is 11.1 Å². The Bertz CT molecular complexity index is 642. The lowest BCUT2D eigenvalue weighted by molar-refractivity contribution is -0.113. The molecule has 0 saturated carbocycles. The van der Waals surface area contributed by atoms with Crippen molar-refractivity contribution in [1.29, 1.82) is 0 Å². The Hall–Kier alpha value is -1.56. The fraction of sp³-hybridized carbons (Fsp3) is 0.500. The number of hydrogen-bond donors (Lipinski definition) is 1. The molecule has 0 aliphatic carbocycles. The van der Waals surface area contributed by atoms with Crippen LogP contribution in [0.2, 0.25) is 0 Å². The van der Waals surface area contributed by atoms with Crippen LogP contribution in [0.3, 0.4) is 0 Å². The summed E-state index contributed by atoms with van der Waals surface area (Å²) in [6.07, 6.45) is 1.67. The van der Waals surface area contributed by atoms with Crippen LogP contribution in [0.5, 0.6) is 0 Å². The molecule has 0 atom stereocenters. The standard InChI is InChI=1S/C14H20N4OS/c1-9-11-6-10(7-15-13(11)18(5)17-9)16-12(19)8-20-14(2,3)4/h6-7H,8H2,1-5H3,(H,16,19). The van der Waals surface area contributed by atoms with Crippen molar-refractivity contribution in [3.8, 4) is 0 Å². The van der Waals surface area contributed by atoms with Gasteiger partial charge < -0.3 is 5.32 Å². The first-order chi connectivity index (χ1) is 9.26. The summed E-state index contributed by atoms with van der Waals surface area (Å²) in [5.74, 6) is 0.431. The number of nitrogens with zero attached hydrogens (tertiary/aromatic N) is 3. The van der Waals surface area contributed by atoms with Gasteiger partial charge in [0.25, 0.3) is 0 Å². The molecular formula is C14H20N4OS. The molecule has 5 nitrogen and oxygen atoms in total. The maximum atomic E-state index is 11.9. The maximum Gasteiger partial charge on any atom is 0.234 e. The number of pyridine rings is 1. The molecule has 2 heterocycles. The van der Waals surface area contributed by atoms with Crippen LogP contribution >= 0.6 is 11.8 Å². The van der Waals surface area contributed by atoms with Gasteiger partial charge in [0.15, 0.2) is 5.65 Å². The molecule has 0 radical (unpaired) electrons.